The summed E-state index contributed by atoms with van der Waals surface area (Å²) in [6.07, 6.45) is -0.928. The molecule has 0 bridgehead atoms. The van der Waals surface area contributed by atoms with Gasteiger partial charge in [-0.3, -0.25) is 19.2 Å². The Morgan fingerprint density at radius 3 is 1.78 bits per heavy atom. The van der Waals surface area contributed by atoms with Crippen molar-refractivity contribution in [2.45, 2.75) is 25.7 Å². The van der Waals surface area contributed by atoms with Gasteiger partial charge in [0.25, 0.3) is 0 Å². The van der Waals surface area contributed by atoms with Crippen molar-refractivity contribution < 1.29 is 19.2 Å². The predicted octanol–water partition coefficient (Wildman–Crippen LogP) is 5.30. The van der Waals surface area contributed by atoms with Crippen LogP contribution in [0.5, 0.6) is 0 Å². The zero-order valence-corrected chi connectivity index (χ0v) is 17.5. The number of carbonyl (C=O) groups is 4. The van der Waals surface area contributed by atoms with E-state index in [0.29, 0.717) is 5.56 Å². The lowest BCUT2D eigenvalue weighted by atomic mass is 9.96. The number of carbonyl (C=O) groups excluding carboxylic acids is 4. The van der Waals surface area contributed by atoms with E-state index in [2.05, 4.69) is 0 Å². The van der Waals surface area contributed by atoms with Crippen LogP contribution in [0.4, 0.5) is 0 Å². The number of Topliss-reactive ketones (excluding diaryl/α,β-unsaturated/α-hetero) is 4. The topological polar surface area (TPSA) is 68.3 Å². The molecule has 0 atom stereocenters. The highest BCUT2D eigenvalue weighted by Gasteiger charge is 2.19. The van der Waals surface area contributed by atoms with Gasteiger partial charge in [0, 0.05) is 12.0 Å². The Morgan fingerprint density at radius 2 is 1.03 bits per heavy atom. The fourth-order valence-corrected chi connectivity index (χ4v) is 4.03. The van der Waals surface area contributed by atoms with Crippen LogP contribution in [-0.4, -0.2) is 23.1 Å². The van der Waals surface area contributed by atoms with E-state index in [0.717, 1.165) is 27.1 Å². The summed E-state index contributed by atoms with van der Waals surface area (Å²) in [7, 11) is 0. The SMILES string of the molecule is O=C(CC(=O)CC(=O)c1cccc2ccccc12)CC(=O)Cc1cccc2ccccc12. The number of rotatable bonds is 9. The van der Waals surface area contributed by atoms with Gasteiger partial charge in [-0.25, -0.2) is 0 Å². The first-order chi connectivity index (χ1) is 15.5. The molecule has 0 unspecified atom stereocenters. The molecule has 4 aromatic rings. The van der Waals surface area contributed by atoms with E-state index < -0.39 is 18.0 Å². The van der Waals surface area contributed by atoms with Crippen LogP contribution in [0.1, 0.15) is 35.2 Å². The van der Waals surface area contributed by atoms with E-state index in [1.165, 1.54) is 0 Å². The van der Waals surface area contributed by atoms with Crippen molar-refractivity contribution in [3.8, 4) is 0 Å². The lowest BCUT2D eigenvalue weighted by molar-refractivity contribution is -0.129. The Kier molecular flexibility index (Phi) is 6.31. The van der Waals surface area contributed by atoms with Crippen LogP contribution in [-0.2, 0) is 20.8 Å². The standard InChI is InChI=1S/C28H22O4/c29-22(15-21-11-5-9-19-7-1-3-12-25(19)21)16-23(30)17-24(31)18-28(32)27-14-6-10-20-8-2-4-13-26(20)27/h1-14H,15-18H2. The Morgan fingerprint density at radius 1 is 0.500 bits per heavy atom. The third kappa shape index (κ3) is 4.86. The predicted molar refractivity (Wildman–Crippen MR) is 125 cm³/mol. The van der Waals surface area contributed by atoms with Crippen molar-refractivity contribution in [1.29, 1.82) is 0 Å². The van der Waals surface area contributed by atoms with Gasteiger partial charge in [0.1, 0.15) is 17.3 Å². The minimum Gasteiger partial charge on any atom is -0.299 e. The van der Waals surface area contributed by atoms with Crippen LogP contribution < -0.4 is 0 Å². The van der Waals surface area contributed by atoms with Crippen LogP contribution >= 0.6 is 0 Å². The summed E-state index contributed by atoms with van der Waals surface area (Å²) in [5.74, 6) is -1.47. The molecule has 0 aliphatic heterocycles. The van der Waals surface area contributed by atoms with Gasteiger partial charge in [-0.1, -0.05) is 84.9 Å². The number of ketones is 4. The summed E-state index contributed by atoms with van der Waals surface area (Å²) in [5.41, 5.74) is 1.33. The molecule has 0 aliphatic carbocycles. The van der Waals surface area contributed by atoms with Gasteiger partial charge >= 0.3 is 0 Å². The smallest absolute Gasteiger partial charge is 0.170 e. The van der Waals surface area contributed by atoms with Crippen LogP contribution in [0, 0.1) is 0 Å². The van der Waals surface area contributed by atoms with Crippen LogP contribution in [0.3, 0.4) is 0 Å². The fraction of sp³-hybridized carbons (Fsp3) is 0.143. The summed E-state index contributed by atoms with van der Waals surface area (Å²) < 4.78 is 0. The maximum absolute atomic E-state index is 12.6. The van der Waals surface area contributed by atoms with Crippen molar-refractivity contribution >= 4 is 44.7 Å². The second kappa shape index (κ2) is 9.48. The second-order valence-electron chi connectivity index (χ2n) is 7.91. The zero-order chi connectivity index (χ0) is 22.5. The van der Waals surface area contributed by atoms with Gasteiger partial charge in [-0.15, -0.1) is 0 Å². The van der Waals surface area contributed by atoms with E-state index in [1.807, 2.05) is 72.8 Å². The first kappa shape index (κ1) is 21.3. The van der Waals surface area contributed by atoms with Gasteiger partial charge in [-0.2, -0.15) is 0 Å². The maximum Gasteiger partial charge on any atom is 0.170 e. The third-order valence-corrected chi connectivity index (χ3v) is 5.50. The summed E-state index contributed by atoms with van der Waals surface area (Å²) in [6, 6.07) is 26.3. The molecule has 0 saturated carbocycles. The monoisotopic (exact) mass is 422 g/mol. The van der Waals surface area contributed by atoms with E-state index in [1.54, 1.807) is 12.1 Å². The van der Waals surface area contributed by atoms with E-state index in [-0.39, 0.29) is 30.8 Å². The number of hydrogen-bond donors (Lipinski definition) is 0. The summed E-state index contributed by atoms with van der Waals surface area (Å²) in [5, 5.41) is 3.71. The Hall–Kier alpha value is -3.92. The van der Waals surface area contributed by atoms with Gasteiger partial charge in [0.05, 0.1) is 19.3 Å². The molecular formula is C28H22O4. The molecule has 0 N–H and O–H groups in total. The highest BCUT2D eigenvalue weighted by atomic mass is 16.2. The normalized spacial score (nSPS) is 10.9. The van der Waals surface area contributed by atoms with Crippen LogP contribution in [0.25, 0.3) is 21.5 Å². The molecule has 32 heavy (non-hydrogen) atoms. The molecule has 0 amide bonds. The van der Waals surface area contributed by atoms with Gasteiger partial charge < -0.3 is 0 Å². The molecule has 4 rings (SSSR count). The molecule has 0 fully saturated rings. The largest absolute Gasteiger partial charge is 0.299 e. The molecule has 0 heterocycles. The number of benzene rings is 4. The van der Waals surface area contributed by atoms with E-state index in [9.17, 15) is 19.2 Å². The lowest BCUT2D eigenvalue weighted by Crippen LogP contribution is -2.16. The fourth-order valence-electron chi connectivity index (χ4n) is 4.03. The molecule has 4 heteroatoms. The lowest BCUT2D eigenvalue weighted by Gasteiger charge is -2.07. The first-order valence-corrected chi connectivity index (χ1v) is 10.5. The van der Waals surface area contributed by atoms with E-state index >= 15 is 0 Å². The summed E-state index contributed by atoms with van der Waals surface area (Å²) in [6.45, 7) is 0. The van der Waals surface area contributed by atoms with Gasteiger partial charge in [0.15, 0.2) is 5.78 Å². The Labute approximate surface area is 185 Å². The maximum atomic E-state index is 12.6. The van der Waals surface area contributed by atoms with Crippen molar-refractivity contribution in [3.05, 3.63) is 96.1 Å². The van der Waals surface area contributed by atoms with Crippen LogP contribution in [0.15, 0.2) is 84.9 Å². The van der Waals surface area contributed by atoms with Gasteiger partial charge in [-0.05, 0) is 27.1 Å². The van der Waals surface area contributed by atoms with Crippen molar-refractivity contribution in [2.75, 3.05) is 0 Å². The molecule has 0 radical (unpaired) electrons. The second-order valence-corrected chi connectivity index (χ2v) is 7.91. The zero-order valence-electron chi connectivity index (χ0n) is 17.5. The molecule has 4 aromatic carbocycles. The van der Waals surface area contributed by atoms with E-state index in [4.69, 9.17) is 0 Å². The summed E-state index contributed by atoms with van der Waals surface area (Å²) >= 11 is 0. The highest BCUT2D eigenvalue weighted by molar-refractivity contribution is 6.18. The molecule has 4 nitrogen and oxygen atoms in total. The minimum absolute atomic E-state index is 0.135. The minimum atomic E-state index is -0.467. The Bertz CT molecular complexity index is 1340. The van der Waals surface area contributed by atoms with Crippen molar-refractivity contribution in [3.63, 3.8) is 0 Å². The molecule has 0 spiro atoms. The average Bonchev–Trinajstić information content (AvgIpc) is 2.78. The number of fused-ring (bicyclic) bond motifs is 2. The average molecular weight is 422 g/mol. The van der Waals surface area contributed by atoms with Crippen LogP contribution in [0.2, 0.25) is 0 Å². The molecular weight excluding hydrogens is 400 g/mol. The summed E-state index contributed by atoms with van der Waals surface area (Å²) in [4.78, 5) is 49.7. The van der Waals surface area contributed by atoms with Gasteiger partial charge in [0.2, 0.25) is 0 Å². The third-order valence-electron chi connectivity index (χ3n) is 5.50. The highest BCUT2D eigenvalue weighted by Crippen LogP contribution is 2.21. The molecule has 0 aliphatic rings. The molecule has 158 valence electrons. The molecule has 0 aromatic heterocycles. The quantitative estimate of drug-likeness (QED) is 0.271. The first-order valence-electron chi connectivity index (χ1n) is 10.5. The molecule has 0 saturated heterocycles. The number of hydrogen-bond acceptors (Lipinski definition) is 4. The van der Waals surface area contributed by atoms with Crippen molar-refractivity contribution in [2.24, 2.45) is 0 Å². The van der Waals surface area contributed by atoms with Crippen molar-refractivity contribution in [1.82, 2.24) is 0 Å². The Balaban J connectivity index is 1.35.